The van der Waals surface area contributed by atoms with Gasteiger partial charge < -0.3 is 5.32 Å². The minimum atomic E-state index is 0.170. The summed E-state index contributed by atoms with van der Waals surface area (Å²) in [5.74, 6) is 0.687. The molecule has 0 saturated carbocycles. The lowest BCUT2D eigenvalue weighted by atomic mass is 9.76. The molecule has 2 aliphatic rings. The smallest absolute Gasteiger partial charge is 0.224 e. The second kappa shape index (κ2) is 4.36. The zero-order chi connectivity index (χ0) is 11.7. The standard InChI is InChI=1S/C15H17NO/c17-14-10-12-8-4-5-9-13(12)15(16-14)11-6-2-1-3-7-11/h1-3,6-8,13,15H,4-5,9-10H2,(H,16,17). The van der Waals surface area contributed by atoms with Crippen molar-refractivity contribution >= 4 is 5.91 Å². The fourth-order valence-electron chi connectivity index (χ4n) is 3.03. The molecule has 1 amide bonds. The van der Waals surface area contributed by atoms with Crippen molar-refractivity contribution in [2.24, 2.45) is 5.92 Å². The van der Waals surface area contributed by atoms with Crippen molar-refractivity contribution in [3.63, 3.8) is 0 Å². The highest BCUT2D eigenvalue weighted by atomic mass is 16.1. The van der Waals surface area contributed by atoms with Crippen molar-refractivity contribution in [1.29, 1.82) is 0 Å². The maximum absolute atomic E-state index is 11.7. The molecule has 1 aliphatic carbocycles. The number of hydrogen-bond donors (Lipinski definition) is 1. The molecule has 3 rings (SSSR count). The molecular formula is C15H17NO. The van der Waals surface area contributed by atoms with Gasteiger partial charge in [0.05, 0.1) is 6.04 Å². The fourth-order valence-corrected chi connectivity index (χ4v) is 3.03. The van der Waals surface area contributed by atoms with Gasteiger partial charge in [0.25, 0.3) is 0 Å². The third kappa shape index (κ3) is 1.99. The minimum Gasteiger partial charge on any atom is -0.348 e. The van der Waals surface area contributed by atoms with E-state index in [2.05, 4.69) is 23.5 Å². The molecule has 2 heteroatoms. The second-order valence-electron chi connectivity index (χ2n) is 4.95. The van der Waals surface area contributed by atoms with E-state index in [1.54, 1.807) is 0 Å². The summed E-state index contributed by atoms with van der Waals surface area (Å²) in [4.78, 5) is 11.7. The Morgan fingerprint density at radius 3 is 2.82 bits per heavy atom. The van der Waals surface area contributed by atoms with Gasteiger partial charge in [0.1, 0.15) is 0 Å². The molecule has 1 aliphatic heterocycles. The number of hydrogen-bond acceptors (Lipinski definition) is 1. The van der Waals surface area contributed by atoms with E-state index in [1.807, 2.05) is 18.2 Å². The summed E-state index contributed by atoms with van der Waals surface area (Å²) < 4.78 is 0. The summed E-state index contributed by atoms with van der Waals surface area (Å²) in [7, 11) is 0. The molecule has 1 saturated heterocycles. The third-order valence-corrected chi connectivity index (χ3v) is 3.84. The molecule has 2 atom stereocenters. The van der Waals surface area contributed by atoms with Gasteiger partial charge >= 0.3 is 0 Å². The van der Waals surface area contributed by atoms with Crippen molar-refractivity contribution < 1.29 is 4.79 Å². The van der Waals surface area contributed by atoms with Crippen LogP contribution < -0.4 is 5.32 Å². The minimum absolute atomic E-state index is 0.170. The highest BCUT2D eigenvalue weighted by Gasteiger charge is 2.34. The van der Waals surface area contributed by atoms with Crippen LogP contribution in [0, 0.1) is 5.92 Å². The van der Waals surface area contributed by atoms with Crippen LogP contribution in [0.2, 0.25) is 0 Å². The van der Waals surface area contributed by atoms with E-state index in [1.165, 1.54) is 24.0 Å². The van der Waals surface area contributed by atoms with E-state index in [0.717, 1.165) is 6.42 Å². The average Bonchev–Trinajstić information content (AvgIpc) is 2.39. The normalized spacial score (nSPS) is 28.0. The number of nitrogens with one attached hydrogen (secondary N) is 1. The Morgan fingerprint density at radius 2 is 2.00 bits per heavy atom. The molecule has 0 spiro atoms. The zero-order valence-electron chi connectivity index (χ0n) is 9.86. The van der Waals surface area contributed by atoms with Crippen molar-refractivity contribution in [1.82, 2.24) is 5.32 Å². The number of benzene rings is 1. The van der Waals surface area contributed by atoms with Gasteiger partial charge in [0, 0.05) is 12.3 Å². The van der Waals surface area contributed by atoms with Gasteiger partial charge in [0.15, 0.2) is 0 Å². The molecule has 2 nitrogen and oxygen atoms in total. The van der Waals surface area contributed by atoms with Crippen LogP contribution in [0.1, 0.15) is 37.3 Å². The fraction of sp³-hybridized carbons (Fsp3) is 0.400. The molecule has 1 fully saturated rings. The Morgan fingerprint density at radius 1 is 1.18 bits per heavy atom. The van der Waals surface area contributed by atoms with Crippen molar-refractivity contribution in [2.75, 3.05) is 0 Å². The van der Waals surface area contributed by atoms with E-state index in [9.17, 15) is 4.79 Å². The first-order valence-electron chi connectivity index (χ1n) is 6.38. The number of piperidine rings is 1. The van der Waals surface area contributed by atoms with Crippen LogP contribution in [0.4, 0.5) is 0 Å². The number of amides is 1. The molecule has 0 aromatic heterocycles. The lowest BCUT2D eigenvalue weighted by molar-refractivity contribution is -0.122. The monoisotopic (exact) mass is 227 g/mol. The predicted octanol–water partition coefficient (Wildman–Crippen LogP) is 2.97. The highest BCUT2D eigenvalue weighted by molar-refractivity contribution is 5.80. The van der Waals surface area contributed by atoms with Crippen molar-refractivity contribution in [3.8, 4) is 0 Å². The molecular weight excluding hydrogens is 210 g/mol. The quantitative estimate of drug-likeness (QED) is 0.734. The molecule has 1 heterocycles. The van der Waals surface area contributed by atoms with E-state index in [4.69, 9.17) is 0 Å². The Balaban J connectivity index is 1.95. The Hall–Kier alpha value is -1.57. The van der Waals surface area contributed by atoms with Gasteiger partial charge in [-0.05, 0) is 24.8 Å². The molecule has 1 aromatic carbocycles. The van der Waals surface area contributed by atoms with Crippen LogP contribution in [-0.4, -0.2) is 5.91 Å². The molecule has 1 aromatic rings. The Labute approximate surface area is 102 Å². The second-order valence-corrected chi connectivity index (χ2v) is 4.95. The topological polar surface area (TPSA) is 29.1 Å². The van der Waals surface area contributed by atoms with Gasteiger partial charge in [-0.3, -0.25) is 4.79 Å². The number of carbonyl (C=O) groups is 1. The lowest BCUT2D eigenvalue weighted by Crippen LogP contribution is -2.40. The Bertz CT molecular complexity index is 449. The first-order valence-corrected chi connectivity index (χ1v) is 6.38. The van der Waals surface area contributed by atoms with Crippen LogP contribution in [0.15, 0.2) is 42.0 Å². The van der Waals surface area contributed by atoms with Gasteiger partial charge in [-0.15, -0.1) is 0 Å². The van der Waals surface area contributed by atoms with Crippen molar-refractivity contribution in [3.05, 3.63) is 47.5 Å². The van der Waals surface area contributed by atoms with Crippen LogP contribution in [-0.2, 0) is 4.79 Å². The molecule has 1 N–H and O–H groups in total. The first-order chi connectivity index (χ1) is 8.34. The van der Waals surface area contributed by atoms with Crippen LogP contribution in [0.5, 0.6) is 0 Å². The van der Waals surface area contributed by atoms with Gasteiger partial charge in [-0.2, -0.15) is 0 Å². The van der Waals surface area contributed by atoms with E-state index in [0.29, 0.717) is 12.3 Å². The van der Waals surface area contributed by atoms with Crippen LogP contribution >= 0.6 is 0 Å². The molecule has 88 valence electrons. The third-order valence-electron chi connectivity index (χ3n) is 3.84. The van der Waals surface area contributed by atoms with Gasteiger partial charge in [-0.25, -0.2) is 0 Å². The molecule has 2 unspecified atom stereocenters. The summed E-state index contributed by atoms with van der Waals surface area (Å²) in [5.41, 5.74) is 2.59. The highest BCUT2D eigenvalue weighted by Crippen LogP contribution is 2.39. The summed E-state index contributed by atoms with van der Waals surface area (Å²) in [5, 5.41) is 3.15. The summed E-state index contributed by atoms with van der Waals surface area (Å²) >= 11 is 0. The number of carbonyl (C=O) groups excluding carboxylic acids is 1. The zero-order valence-corrected chi connectivity index (χ0v) is 9.86. The maximum atomic E-state index is 11.7. The largest absolute Gasteiger partial charge is 0.348 e. The van der Waals surface area contributed by atoms with E-state index in [-0.39, 0.29) is 11.9 Å². The van der Waals surface area contributed by atoms with E-state index >= 15 is 0 Å². The predicted molar refractivity (Wildman–Crippen MR) is 67.4 cm³/mol. The van der Waals surface area contributed by atoms with Crippen LogP contribution in [0.3, 0.4) is 0 Å². The Kier molecular flexibility index (Phi) is 2.71. The summed E-state index contributed by atoms with van der Waals surface area (Å²) in [6.07, 6.45) is 6.47. The van der Waals surface area contributed by atoms with E-state index < -0.39 is 0 Å². The first kappa shape index (κ1) is 10.6. The average molecular weight is 227 g/mol. The number of fused-ring (bicyclic) bond motifs is 1. The molecule has 0 radical (unpaired) electrons. The van der Waals surface area contributed by atoms with Crippen LogP contribution in [0.25, 0.3) is 0 Å². The van der Waals surface area contributed by atoms with Gasteiger partial charge in [0.2, 0.25) is 5.91 Å². The van der Waals surface area contributed by atoms with Gasteiger partial charge in [-0.1, -0.05) is 42.0 Å². The van der Waals surface area contributed by atoms with Crippen molar-refractivity contribution in [2.45, 2.75) is 31.7 Å². The SMILES string of the molecule is O=C1CC2=CCCCC2C(c2ccccc2)N1. The molecule has 17 heavy (non-hydrogen) atoms. The number of rotatable bonds is 1. The number of allylic oxidation sites excluding steroid dienone is 1. The maximum Gasteiger partial charge on any atom is 0.224 e. The summed E-state index contributed by atoms with van der Waals surface area (Å²) in [6.45, 7) is 0. The summed E-state index contributed by atoms with van der Waals surface area (Å²) in [6, 6.07) is 10.5. The molecule has 0 bridgehead atoms. The lowest BCUT2D eigenvalue weighted by Gasteiger charge is -2.37.